The molecule has 0 bridgehead atoms. The van der Waals surface area contributed by atoms with Crippen molar-refractivity contribution in [2.45, 2.75) is 57.6 Å². The Labute approximate surface area is 92.6 Å². The number of hydrogen-bond donors (Lipinski definition) is 1. The van der Waals surface area contributed by atoms with E-state index in [0.29, 0.717) is 5.78 Å². The molecule has 0 aromatic rings. The Hall–Kier alpha value is -0.410. The van der Waals surface area contributed by atoms with Gasteiger partial charge >= 0.3 is 0 Å². The summed E-state index contributed by atoms with van der Waals surface area (Å²) in [6, 6.07) is 0.0524. The van der Waals surface area contributed by atoms with E-state index in [2.05, 4.69) is 12.2 Å². The topological polar surface area (TPSA) is 38.3 Å². The van der Waals surface area contributed by atoms with Crippen LogP contribution in [0.5, 0.6) is 0 Å². The first-order chi connectivity index (χ1) is 7.27. The normalized spacial score (nSPS) is 25.7. The number of unbranched alkanes of at least 4 members (excludes halogenated alkanes) is 3. The van der Waals surface area contributed by atoms with E-state index in [1.165, 1.54) is 19.3 Å². The molecule has 1 rings (SSSR count). The zero-order valence-corrected chi connectivity index (χ0v) is 9.92. The van der Waals surface area contributed by atoms with E-state index >= 15 is 0 Å². The first-order valence-corrected chi connectivity index (χ1v) is 6.06. The number of carbonyl (C=O) groups excluding carboxylic acids is 1. The van der Waals surface area contributed by atoms with Gasteiger partial charge in [-0.1, -0.05) is 26.2 Å². The lowest BCUT2D eigenvalue weighted by molar-refractivity contribution is -0.121. The third-order valence-corrected chi connectivity index (χ3v) is 3.09. The van der Waals surface area contributed by atoms with Gasteiger partial charge in [0.05, 0.1) is 12.1 Å². The zero-order chi connectivity index (χ0) is 11.1. The second-order valence-electron chi connectivity index (χ2n) is 4.33. The molecular formula is C12H23NO2. The van der Waals surface area contributed by atoms with Crippen molar-refractivity contribution >= 4 is 5.78 Å². The highest BCUT2D eigenvalue weighted by molar-refractivity contribution is 5.84. The van der Waals surface area contributed by atoms with Gasteiger partial charge in [0.25, 0.3) is 0 Å². The van der Waals surface area contributed by atoms with E-state index in [-0.39, 0.29) is 12.1 Å². The second kappa shape index (κ2) is 6.96. The molecule has 1 aliphatic rings. The molecule has 1 saturated heterocycles. The molecule has 88 valence electrons. The Morgan fingerprint density at radius 3 is 2.80 bits per heavy atom. The Morgan fingerprint density at radius 2 is 2.20 bits per heavy atom. The standard InChI is InChI=1S/C12H23NO2/c1-3-4-5-6-7-12(14)11-8-10(15-2)9-13-11/h10-11,13H,3-9H2,1-2H3. The van der Waals surface area contributed by atoms with E-state index in [9.17, 15) is 4.79 Å². The van der Waals surface area contributed by atoms with Crippen molar-refractivity contribution in [1.29, 1.82) is 0 Å². The zero-order valence-electron chi connectivity index (χ0n) is 9.92. The van der Waals surface area contributed by atoms with Gasteiger partial charge in [0.2, 0.25) is 0 Å². The predicted octanol–water partition coefficient (Wildman–Crippen LogP) is 1.90. The Morgan fingerprint density at radius 1 is 1.40 bits per heavy atom. The monoisotopic (exact) mass is 213 g/mol. The van der Waals surface area contributed by atoms with Gasteiger partial charge in [-0.15, -0.1) is 0 Å². The van der Waals surface area contributed by atoms with Crippen LogP contribution in [0.3, 0.4) is 0 Å². The van der Waals surface area contributed by atoms with Crippen molar-refractivity contribution in [1.82, 2.24) is 5.32 Å². The molecule has 2 atom stereocenters. The van der Waals surface area contributed by atoms with Crippen molar-refractivity contribution in [2.75, 3.05) is 13.7 Å². The Balaban J connectivity index is 2.12. The van der Waals surface area contributed by atoms with E-state index in [1.807, 2.05) is 0 Å². The van der Waals surface area contributed by atoms with Crippen LogP contribution >= 0.6 is 0 Å². The average Bonchev–Trinajstić information content (AvgIpc) is 2.72. The third kappa shape index (κ3) is 4.31. The van der Waals surface area contributed by atoms with Crippen LogP contribution < -0.4 is 5.32 Å². The van der Waals surface area contributed by atoms with Crippen LogP contribution in [0, 0.1) is 0 Å². The van der Waals surface area contributed by atoms with Crippen LogP contribution in [0.2, 0.25) is 0 Å². The lowest BCUT2D eigenvalue weighted by atomic mass is 10.0. The largest absolute Gasteiger partial charge is 0.380 e. The molecule has 0 radical (unpaired) electrons. The quantitative estimate of drug-likeness (QED) is 0.656. The molecule has 1 aliphatic heterocycles. The summed E-state index contributed by atoms with van der Waals surface area (Å²) < 4.78 is 5.22. The van der Waals surface area contributed by atoms with Crippen LogP contribution in [0.1, 0.15) is 45.4 Å². The number of ether oxygens (including phenoxy) is 1. The summed E-state index contributed by atoms with van der Waals surface area (Å²) in [5.74, 6) is 0.366. The Kier molecular flexibility index (Phi) is 5.88. The van der Waals surface area contributed by atoms with E-state index in [1.54, 1.807) is 7.11 Å². The molecule has 0 aliphatic carbocycles. The van der Waals surface area contributed by atoms with Crippen molar-refractivity contribution < 1.29 is 9.53 Å². The molecule has 2 unspecified atom stereocenters. The molecule has 0 aromatic heterocycles. The van der Waals surface area contributed by atoms with Gasteiger partial charge in [-0.25, -0.2) is 0 Å². The lowest BCUT2D eigenvalue weighted by Gasteiger charge is -2.08. The summed E-state index contributed by atoms with van der Waals surface area (Å²) in [5.41, 5.74) is 0. The lowest BCUT2D eigenvalue weighted by Crippen LogP contribution is -2.30. The van der Waals surface area contributed by atoms with Crippen molar-refractivity contribution in [3.63, 3.8) is 0 Å². The van der Waals surface area contributed by atoms with Gasteiger partial charge in [-0.05, 0) is 12.8 Å². The van der Waals surface area contributed by atoms with Gasteiger partial charge in [0.15, 0.2) is 0 Å². The molecule has 1 heterocycles. The molecule has 1 fully saturated rings. The number of rotatable bonds is 7. The summed E-state index contributed by atoms with van der Waals surface area (Å²) in [7, 11) is 1.71. The van der Waals surface area contributed by atoms with Crippen molar-refractivity contribution in [3.8, 4) is 0 Å². The third-order valence-electron chi connectivity index (χ3n) is 3.09. The van der Waals surface area contributed by atoms with Gasteiger partial charge < -0.3 is 10.1 Å². The number of carbonyl (C=O) groups is 1. The summed E-state index contributed by atoms with van der Waals surface area (Å²) >= 11 is 0. The maximum atomic E-state index is 11.8. The molecule has 3 nitrogen and oxygen atoms in total. The minimum Gasteiger partial charge on any atom is -0.380 e. The van der Waals surface area contributed by atoms with Gasteiger partial charge in [0, 0.05) is 20.1 Å². The number of methoxy groups -OCH3 is 1. The predicted molar refractivity (Wildman–Crippen MR) is 61.0 cm³/mol. The fourth-order valence-corrected chi connectivity index (χ4v) is 2.03. The summed E-state index contributed by atoms with van der Waals surface area (Å²) in [6.07, 6.45) is 6.50. The molecule has 0 amide bonds. The van der Waals surface area contributed by atoms with Crippen LogP contribution in [0.25, 0.3) is 0 Å². The Bertz CT molecular complexity index is 194. The van der Waals surface area contributed by atoms with Gasteiger partial charge in [-0.3, -0.25) is 4.79 Å². The maximum Gasteiger partial charge on any atom is 0.149 e. The summed E-state index contributed by atoms with van der Waals surface area (Å²) in [6.45, 7) is 3.01. The SMILES string of the molecule is CCCCCCC(=O)C1CC(OC)CN1. The molecule has 1 N–H and O–H groups in total. The molecule has 0 spiro atoms. The average molecular weight is 213 g/mol. The minimum atomic E-state index is 0.0524. The van der Waals surface area contributed by atoms with Gasteiger partial charge in [0.1, 0.15) is 5.78 Å². The molecule has 0 saturated carbocycles. The summed E-state index contributed by atoms with van der Waals surface area (Å²) in [4.78, 5) is 11.8. The van der Waals surface area contributed by atoms with Crippen LogP contribution in [0.15, 0.2) is 0 Å². The number of hydrogen-bond acceptors (Lipinski definition) is 3. The van der Waals surface area contributed by atoms with Crippen LogP contribution in [-0.2, 0) is 9.53 Å². The smallest absolute Gasteiger partial charge is 0.149 e. The number of ketones is 1. The number of nitrogens with one attached hydrogen (secondary N) is 1. The van der Waals surface area contributed by atoms with Crippen LogP contribution in [-0.4, -0.2) is 31.6 Å². The fourth-order valence-electron chi connectivity index (χ4n) is 2.03. The van der Waals surface area contributed by atoms with E-state index in [0.717, 1.165) is 25.8 Å². The first-order valence-electron chi connectivity index (χ1n) is 6.06. The van der Waals surface area contributed by atoms with Crippen molar-refractivity contribution in [3.05, 3.63) is 0 Å². The van der Waals surface area contributed by atoms with Crippen LogP contribution in [0.4, 0.5) is 0 Å². The minimum absolute atomic E-state index is 0.0524. The maximum absolute atomic E-state index is 11.8. The second-order valence-corrected chi connectivity index (χ2v) is 4.33. The van der Waals surface area contributed by atoms with E-state index < -0.39 is 0 Å². The highest BCUT2D eigenvalue weighted by Gasteiger charge is 2.28. The molecular weight excluding hydrogens is 190 g/mol. The molecule has 3 heteroatoms. The molecule has 0 aromatic carbocycles. The fraction of sp³-hybridized carbons (Fsp3) is 0.917. The summed E-state index contributed by atoms with van der Waals surface area (Å²) in [5, 5.41) is 3.22. The van der Waals surface area contributed by atoms with Gasteiger partial charge in [-0.2, -0.15) is 0 Å². The number of Topliss-reactive ketones (excluding diaryl/α,β-unsaturated/α-hetero) is 1. The van der Waals surface area contributed by atoms with Crippen molar-refractivity contribution in [2.24, 2.45) is 0 Å². The van der Waals surface area contributed by atoms with E-state index in [4.69, 9.17) is 4.74 Å². The highest BCUT2D eigenvalue weighted by Crippen LogP contribution is 2.13. The first kappa shape index (κ1) is 12.7. The molecule has 15 heavy (non-hydrogen) atoms. The highest BCUT2D eigenvalue weighted by atomic mass is 16.5.